The first kappa shape index (κ1) is 13.3. The van der Waals surface area contributed by atoms with E-state index in [9.17, 15) is 0 Å². The molecule has 0 spiro atoms. The number of nitrogens with two attached hydrogens (primary N) is 1. The number of hydrogen-bond acceptors (Lipinski definition) is 2. The summed E-state index contributed by atoms with van der Waals surface area (Å²) in [5, 5.41) is 0. The highest BCUT2D eigenvalue weighted by molar-refractivity contribution is 5.30. The van der Waals surface area contributed by atoms with Crippen molar-refractivity contribution in [2.75, 3.05) is 6.54 Å². The van der Waals surface area contributed by atoms with E-state index in [4.69, 9.17) is 5.73 Å². The normalized spacial score (nSPS) is 16.1. The molecule has 1 unspecified atom stereocenters. The van der Waals surface area contributed by atoms with Gasteiger partial charge in [0.05, 0.1) is 0 Å². The Morgan fingerprint density at radius 2 is 1.60 bits per heavy atom. The van der Waals surface area contributed by atoms with Gasteiger partial charge >= 0.3 is 0 Å². The molecule has 104 valence electrons. The summed E-state index contributed by atoms with van der Waals surface area (Å²) < 4.78 is 0. The summed E-state index contributed by atoms with van der Waals surface area (Å²) in [6, 6.07) is 17.4. The van der Waals surface area contributed by atoms with E-state index in [-0.39, 0.29) is 6.04 Å². The standard InChI is InChI=1S/C18H22N2/c1-14-6-8-15(9-7-14)18(19)10-11-20-12-16-4-2-3-5-17(16)13-20/h2-9,18H,10-13,19H2,1H3. The number of rotatable bonds is 4. The van der Waals surface area contributed by atoms with Crippen molar-refractivity contribution in [3.05, 3.63) is 70.8 Å². The van der Waals surface area contributed by atoms with Gasteiger partial charge in [-0.3, -0.25) is 4.90 Å². The van der Waals surface area contributed by atoms with Crippen LogP contribution in [0.3, 0.4) is 0 Å². The molecule has 0 radical (unpaired) electrons. The van der Waals surface area contributed by atoms with Crippen LogP contribution in [0.25, 0.3) is 0 Å². The van der Waals surface area contributed by atoms with Gasteiger partial charge < -0.3 is 5.73 Å². The number of aryl methyl sites for hydroxylation is 1. The van der Waals surface area contributed by atoms with E-state index >= 15 is 0 Å². The zero-order valence-electron chi connectivity index (χ0n) is 12.0. The van der Waals surface area contributed by atoms with Gasteiger partial charge in [-0.05, 0) is 30.0 Å². The van der Waals surface area contributed by atoms with Crippen molar-refractivity contribution in [3.63, 3.8) is 0 Å². The smallest absolute Gasteiger partial charge is 0.0307 e. The molecule has 2 N–H and O–H groups in total. The molecular formula is C18H22N2. The number of nitrogens with zero attached hydrogens (tertiary/aromatic N) is 1. The Morgan fingerprint density at radius 3 is 2.20 bits per heavy atom. The van der Waals surface area contributed by atoms with Crippen LogP contribution in [0.4, 0.5) is 0 Å². The minimum absolute atomic E-state index is 0.138. The highest BCUT2D eigenvalue weighted by Crippen LogP contribution is 2.23. The summed E-state index contributed by atoms with van der Waals surface area (Å²) in [6.45, 7) is 5.30. The molecule has 20 heavy (non-hydrogen) atoms. The number of hydrogen-bond donors (Lipinski definition) is 1. The van der Waals surface area contributed by atoms with Crippen LogP contribution >= 0.6 is 0 Å². The van der Waals surface area contributed by atoms with Crippen LogP contribution in [0.15, 0.2) is 48.5 Å². The minimum atomic E-state index is 0.138. The van der Waals surface area contributed by atoms with Gasteiger partial charge in [0.25, 0.3) is 0 Å². The second-order valence-electron chi connectivity index (χ2n) is 5.79. The number of benzene rings is 2. The summed E-state index contributed by atoms with van der Waals surface area (Å²) in [4.78, 5) is 2.48. The first-order chi connectivity index (χ1) is 9.72. The molecule has 2 aromatic carbocycles. The molecule has 0 aliphatic carbocycles. The van der Waals surface area contributed by atoms with Crippen molar-refractivity contribution in [3.8, 4) is 0 Å². The van der Waals surface area contributed by atoms with Gasteiger partial charge in [0.15, 0.2) is 0 Å². The van der Waals surface area contributed by atoms with Gasteiger partial charge in [0.2, 0.25) is 0 Å². The second-order valence-corrected chi connectivity index (χ2v) is 5.79. The van der Waals surface area contributed by atoms with Crippen molar-refractivity contribution in [2.24, 2.45) is 5.73 Å². The van der Waals surface area contributed by atoms with E-state index < -0.39 is 0 Å². The van der Waals surface area contributed by atoms with E-state index in [1.54, 1.807) is 0 Å². The third kappa shape index (κ3) is 2.92. The molecule has 0 aromatic heterocycles. The Bertz CT molecular complexity index is 549. The van der Waals surface area contributed by atoms with Crippen molar-refractivity contribution in [1.82, 2.24) is 4.90 Å². The topological polar surface area (TPSA) is 29.3 Å². The fourth-order valence-corrected chi connectivity index (χ4v) is 2.86. The summed E-state index contributed by atoms with van der Waals surface area (Å²) in [5.74, 6) is 0. The first-order valence-electron chi connectivity index (χ1n) is 7.33. The van der Waals surface area contributed by atoms with E-state index in [2.05, 4.69) is 60.4 Å². The van der Waals surface area contributed by atoms with Crippen LogP contribution < -0.4 is 5.73 Å². The zero-order chi connectivity index (χ0) is 13.9. The van der Waals surface area contributed by atoms with Crippen LogP contribution in [0.1, 0.15) is 34.7 Å². The highest BCUT2D eigenvalue weighted by Gasteiger charge is 2.18. The summed E-state index contributed by atoms with van der Waals surface area (Å²) >= 11 is 0. The fraction of sp³-hybridized carbons (Fsp3) is 0.333. The largest absolute Gasteiger partial charge is 0.324 e. The van der Waals surface area contributed by atoms with Crippen molar-refractivity contribution >= 4 is 0 Å². The third-order valence-electron chi connectivity index (χ3n) is 4.17. The molecule has 1 heterocycles. The SMILES string of the molecule is Cc1ccc(C(N)CCN2Cc3ccccc3C2)cc1. The predicted octanol–water partition coefficient (Wildman–Crippen LogP) is 3.40. The Hall–Kier alpha value is -1.64. The van der Waals surface area contributed by atoms with Gasteiger partial charge in [0.1, 0.15) is 0 Å². The lowest BCUT2D eigenvalue weighted by molar-refractivity contribution is 0.272. The summed E-state index contributed by atoms with van der Waals surface area (Å²) in [7, 11) is 0. The molecule has 0 bridgehead atoms. The summed E-state index contributed by atoms with van der Waals surface area (Å²) in [6.07, 6.45) is 1.01. The maximum atomic E-state index is 6.30. The van der Waals surface area contributed by atoms with Crippen LogP contribution in [0, 0.1) is 6.92 Å². The van der Waals surface area contributed by atoms with Crippen LogP contribution in [0.2, 0.25) is 0 Å². The maximum absolute atomic E-state index is 6.30. The highest BCUT2D eigenvalue weighted by atomic mass is 15.1. The molecule has 1 aliphatic rings. The average Bonchev–Trinajstić information content (AvgIpc) is 2.88. The Labute approximate surface area is 121 Å². The lowest BCUT2D eigenvalue weighted by atomic mass is 10.0. The molecule has 0 saturated heterocycles. The quantitative estimate of drug-likeness (QED) is 0.919. The molecule has 1 aliphatic heterocycles. The van der Waals surface area contributed by atoms with Gasteiger partial charge in [0, 0.05) is 25.7 Å². The summed E-state index contributed by atoms with van der Waals surface area (Å²) in [5.41, 5.74) is 11.8. The molecule has 0 amide bonds. The number of fused-ring (bicyclic) bond motifs is 1. The minimum Gasteiger partial charge on any atom is -0.324 e. The predicted molar refractivity (Wildman–Crippen MR) is 83.3 cm³/mol. The van der Waals surface area contributed by atoms with E-state index in [0.717, 1.165) is 26.1 Å². The maximum Gasteiger partial charge on any atom is 0.0307 e. The molecular weight excluding hydrogens is 244 g/mol. The van der Waals surface area contributed by atoms with Crippen LogP contribution in [-0.4, -0.2) is 11.4 Å². The van der Waals surface area contributed by atoms with Crippen molar-refractivity contribution < 1.29 is 0 Å². The van der Waals surface area contributed by atoms with Gasteiger partial charge in [-0.15, -0.1) is 0 Å². The monoisotopic (exact) mass is 266 g/mol. The van der Waals surface area contributed by atoms with E-state index in [1.165, 1.54) is 22.3 Å². The lowest BCUT2D eigenvalue weighted by Crippen LogP contribution is -2.22. The fourth-order valence-electron chi connectivity index (χ4n) is 2.86. The van der Waals surface area contributed by atoms with Crippen molar-refractivity contribution in [2.45, 2.75) is 32.5 Å². The molecule has 1 atom stereocenters. The second kappa shape index (κ2) is 5.78. The Morgan fingerprint density at radius 1 is 1.00 bits per heavy atom. The van der Waals surface area contributed by atoms with E-state index in [0.29, 0.717) is 0 Å². The molecule has 2 nitrogen and oxygen atoms in total. The average molecular weight is 266 g/mol. The zero-order valence-corrected chi connectivity index (χ0v) is 12.0. The lowest BCUT2D eigenvalue weighted by Gasteiger charge is -2.18. The molecule has 2 aromatic rings. The van der Waals surface area contributed by atoms with Gasteiger partial charge in [-0.1, -0.05) is 54.1 Å². The molecule has 3 rings (SSSR count). The molecule has 0 saturated carbocycles. The Balaban J connectivity index is 1.55. The molecule has 2 heteroatoms. The first-order valence-corrected chi connectivity index (χ1v) is 7.33. The third-order valence-corrected chi connectivity index (χ3v) is 4.17. The molecule has 0 fully saturated rings. The van der Waals surface area contributed by atoms with Crippen LogP contribution in [-0.2, 0) is 13.1 Å². The van der Waals surface area contributed by atoms with Crippen LogP contribution in [0.5, 0.6) is 0 Å². The Kier molecular flexibility index (Phi) is 3.86. The van der Waals surface area contributed by atoms with Crippen molar-refractivity contribution in [1.29, 1.82) is 0 Å². The van der Waals surface area contributed by atoms with Gasteiger partial charge in [-0.2, -0.15) is 0 Å². The van der Waals surface area contributed by atoms with Gasteiger partial charge in [-0.25, -0.2) is 0 Å². The van der Waals surface area contributed by atoms with E-state index in [1.807, 2.05) is 0 Å².